The predicted molar refractivity (Wildman–Crippen MR) is 91.6 cm³/mol. The van der Waals surface area contributed by atoms with Gasteiger partial charge in [-0.25, -0.2) is 12.8 Å². The average molecular weight is 435 g/mol. The van der Waals surface area contributed by atoms with Gasteiger partial charge in [0.2, 0.25) is 0 Å². The first-order chi connectivity index (χ1) is 10.1. The van der Waals surface area contributed by atoms with E-state index in [-0.39, 0.29) is 4.90 Å². The Morgan fingerprint density at radius 2 is 1.73 bits per heavy atom. The molecule has 0 atom stereocenters. The van der Waals surface area contributed by atoms with E-state index in [1.807, 2.05) is 22.6 Å². The van der Waals surface area contributed by atoms with Crippen molar-refractivity contribution in [3.63, 3.8) is 0 Å². The van der Waals surface area contributed by atoms with Gasteiger partial charge in [0.25, 0.3) is 10.0 Å². The normalized spacial score (nSPS) is 12.2. The highest BCUT2D eigenvalue weighted by molar-refractivity contribution is 14.1. The molecule has 2 aromatic carbocycles. The third kappa shape index (κ3) is 3.96. The van der Waals surface area contributed by atoms with E-state index in [0.717, 1.165) is 0 Å². The van der Waals surface area contributed by atoms with Crippen molar-refractivity contribution in [2.45, 2.75) is 24.3 Å². The summed E-state index contributed by atoms with van der Waals surface area (Å²) in [7, 11) is -3.77. The van der Waals surface area contributed by atoms with E-state index in [0.29, 0.717) is 14.8 Å². The van der Waals surface area contributed by atoms with Crippen LogP contribution in [0.4, 0.5) is 10.1 Å². The Balaban J connectivity index is 2.31. The number of sulfonamides is 1. The lowest BCUT2D eigenvalue weighted by Crippen LogP contribution is -2.17. The monoisotopic (exact) mass is 435 g/mol. The number of hydrogen-bond donors (Lipinski definition) is 2. The Kier molecular flexibility index (Phi) is 4.78. The minimum Gasteiger partial charge on any atom is -0.386 e. The molecule has 7 heteroatoms. The number of anilines is 1. The second-order valence-corrected chi connectivity index (χ2v) is 8.16. The lowest BCUT2D eigenvalue weighted by Gasteiger charge is -2.18. The fourth-order valence-corrected chi connectivity index (χ4v) is 3.69. The topological polar surface area (TPSA) is 66.4 Å². The SMILES string of the molecule is CC(C)(O)c1ccc(S(=O)(=O)Nc2ccc(F)cc2I)cc1. The zero-order valence-electron chi connectivity index (χ0n) is 12.0. The molecule has 2 N–H and O–H groups in total. The third-order valence-electron chi connectivity index (χ3n) is 3.05. The highest BCUT2D eigenvalue weighted by Crippen LogP contribution is 2.25. The number of aliphatic hydroxyl groups is 1. The molecular formula is C15H15FINO3S. The average Bonchev–Trinajstić information content (AvgIpc) is 2.41. The van der Waals surface area contributed by atoms with Crippen LogP contribution in [0.2, 0.25) is 0 Å². The van der Waals surface area contributed by atoms with Gasteiger partial charge in [0.15, 0.2) is 0 Å². The van der Waals surface area contributed by atoms with E-state index in [9.17, 15) is 17.9 Å². The second kappa shape index (κ2) is 6.13. The maximum Gasteiger partial charge on any atom is 0.261 e. The van der Waals surface area contributed by atoms with Crippen LogP contribution >= 0.6 is 22.6 Å². The van der Waals surface area contributed by atoms with Gasteiger partial charge in [0, 0.05) is 3.57 Å². The van der Waals surface area contributed by atoms with Crippen molar-refractivity contribution in [2.75, 3.05) is 4.72 Å². The molecule has 118 valence electrons. The fourth-order valence-electron chi connectivity index (χ4n) is 1.82. The van der Waals surface area contributed by atoms with Gasteiger partial charge in [-0.05, 0) is 72.3 Å². The molecular weight excluding hydrogens is 420 g/mol. The minimum absolute atomic E-state index is 0.0700. The number of hydrogen-bond acceptors (Lipinski definition) is 3. The summed E-state index contributed by atoms with van der Waals surface area (Å²) in [6.07, 6.45) is 0. The molecule has 0 unspecified atom stereocenters. The number of halogens is 2. The molecule has 0 amide bonds. The quantitative estimate of drug-likeness (QED) is 0.724. The highest BCUT2D eigenvalue weighted by Gasteiger charge is 2.19. The Hall–Kier alpha value is -1.19. The molecule has 0 spiro atoms. The molecule has 0 bridgehead atoms. The smallest absolute Gasteiger partial charge is 0.261 e. The number of benzene rings is 2. The molecule has 2 aromatic rings. The number of rotatable bonds is 4. The van der Waals surface area contributed by atoms with Crippen molar-refractivity contribution in [3.8, 4) is 0 Å². The van der Waals surface area contributed by atoms with Gasteiger partial charge in [0.1, 0.15) is 5.82 Å². The summed E-state index contributed by atoms with van der Waals surface area (Å²) in [6.45, 7) is 3.24. The summed E-state index contributed by atoms with van der Waals surface area (Å²) in [6, 6.07) is 9.78. The first-order valence-electron chi connectivity index (χ1n) is 6.40. The van der Waals surface area contributed by atoms with Gasteiger partial charge in [0.05, 0.1) is 16.2 Å². The van der Waals surface area contributed by atoms with E-state index in [2.05, 4.69) is 4.72 Å². The Labute approximate surface area is 142 Å². The molecule has 0 radical (unpaired) electrons. The summed E-state index contributed by atoms with van der Waals surface area (Å²) in [5, 5.41) is 9.88. The molecule has 2 rings (SSSR count). The zero-order valence-corrected chi connectivity index (χ0v) is 14.9. The van der Waals surface area contributed by atoms with Gasteiger partial charge in [-0.3, -0.25) is 4.72 Å². The Morgan fingerprint density at radius 1 is 1.14 bits per heavy atom. The first kappa shape index (κ1) is 17.2. The summed E-state index contributed by atoms with van der Waals surface area (Å²) in [5.41, 5.74) is -0.112. The van der Waals surface area contributed by atoms with Crippen LogP contribution < -0.4 is 4.72 Å². The van der Waals surface area contributed by atoms with Crippen molar-refractivity contribution in [1.29, 1.82) is 0 Å². The van der Waals surface area contributed by atoms with Gasteiger partial charge in [-0.15, -0.1) is 0 Å². The highest BCUT2D eigenvalue weighted by atomic mass is 127. The molecule has 0 heterocycles. The lowest BCUT2D eigenvalue weighted by atomic mass is 9.99. The molecule has 0 aliphatic rings. The van der Waals surface area contributed by atoms with Crippen LogP contribution in [0.25, 0.3) is 0 Å². The molecule has 4 nitrogen and oxygen atoms in total. The second-order valence-electron chi connectivity index (χ2n) is 5.31. The van der Waals surface area contributed by atoms with Crippen LogP contribution in [0.1, 0.15) is 19.4 Å². The van der Waals surface area contributed by atoms with Gasteiger partial charge in [-0.1, -0.05) is 12.1 Å². The predicted octanol–water partition coefficient (Wildman–Crippen LogP) is 3.46. The zero-order chi connectivity index (χ0) is 16.5. The molecule has 0 aliphatic heterocycles. The fraction of sp³-hybridized carbons (Fsp3) is 0.200. The summed E-state index contributed by atoms with van der Waals surface area (Å²) in [4.78, 5) is 0.0700. The molecule has 0 aliphatic carbocycles. The first-order valence-corrected chi connectivity index (χ1v) is 8.96. The van der Waals surface area contributed by atoms with E-state index in [1.54, 1.807) is 26.0 Å². The molecule has 0 saturated heterocycles. The van der Waals surface area contributed by atoms with E-state index in [4.69, 9.17) is 0 Å². The molecule has 22 heavy (non-hydrogen) atoms. The lowest BCUT2D eigenvalue weighted by molar-refractivity contribution is 0.0785. The van der Waals surface area contributed by atoms with Gasteiger partial charge >= 0.3 is 0 Å². The molecule has 0 saturated carbocycles. The minimum atomic E-state index is -3.77. The van der Waals surface area contributed by atoms with E-state index in [1.165, 1.54) is 30.3 Å². The standard InChI is InChI=1S/C15H15FINO3S/c1-15(2,19)10-3-6-12(7-4-10)22(20,21)18-14-8-5-11(16)9-13(14)17/h3-9,18-19H,1-2H3. The van der Waals surface area contributed by atoms with Crippen LogP contribution in [0.15, 0.2) is 47.4 Å². The summed E-state index contributed by atoms with van der Waals surface area (Å²) >= 11 is 1.86. The van der Waals surface area contributed by atoms with Gasteiger partial charge < -0.3 is 5.11 Å². The van der Waals surface area contributed by atoms with Crippen LogP contribution in [0, 0.1) is 9.39 Å². The largest absolute Gasteiger partial charge is 0.386 e. The Morgan fingerprint density at radius 3 is 2.23 bits per heavy atom. The maximum absolute atomic E-state index is 13.1. The van der Waals surface area contributed by atoms with Crippen LogP contribution in [-0.4, -0.2) is 13.5 Å². The van der Waals surface area contributed by atoms with Crippen molar-refractivity contribution in [1.82, 2.24) is 0 Å². The summed E-state index contributed by atoms with van der Waals surface area (Å²) < 4.78 is 40.6. The molecule has 0 aromatic heterocycles. The molecule has 0 fully saturated rings. The summed E-state index contributed by atoms with van der Waals surface area (Å²) in [5.74, 6) is -0.429. The van der Waals surface area contributed by atoms with Crippen LogP contribution in [0.5, 0.6) is 0 Å². The van der Waals surface area contributed by atoms with E-state index >= 15 is 0 Å². The van der Waals surface area contributed by atoms with E-state index < -0.39 is 21.4 Å². The van der Waals surface area contributed by atoms with Crippen LogP contribution in [-0.2, 0) is 15.6 Å². The van der Waals surface area contributed by atoms with Gasteiger partial charge in [-0.2, -0.15) is 0 Å². The van der Waals surface area contributed by atoms with Crippen molar-refractivity contribution in [3.05, 3.63) is 57.4 Å². The third-order valence-corrected chi connectivity index (χ3v) is 5.32. The van der Waals surface area contributed by atoms with Crippen molar-refractivity contribution in [2.24, 2.45) is 0 Å². The van der Waals surface area contributed by atoms with Crippen LogP contribution in [0.3, 0.4) is 0 Å². The van der Waals surface area contributed by atoms with Crippen molar-refractivity contribution < 1.29 is 17.9 Å². The van der Waals surface area contributed by atoms with Crippen molar-refractivity contribution >= 4 is 38.3 Å². The number of nitrogens with one attached hydrogen (secondary N) is 1. The Bertz CT molecular complexity index is 783. The maximum atomic E-state index is 13.1.